The summed E-state index contributed by atoms with van der Waals surface area (Å²) in [6, 6.07) is 9.95. The molecule has 0 aliphatic carbocycles. The van der Waals surface area contributed by atoms with Crippen molar-refractivity contribution >= 4 is 17.3 Å². The molecule has 0 saturated carbocycles. The van der Waals surface area contributed by atoms with E-state index in [1.54, 1.807) is 18.2 Å². The summed E-state index contributed by atoms with van der Waals surface area (Å²) in [5.74, 6) is 0.0685. The minimum absolute atomic E-state index is 0.154. The summed E-state index contributed by atoms with van der Waals surface area (Å²) < 4.78 is 50.0. The Labute approximate surface area is 193 Å². The van der Waals surface area contributed by atoms with Gasteiger partial charge in [-0.2, -0.15) is 13.2 Å². The number of thiazole rings is 1. The quantitative estimate of drug-likeness (QED) is 0.335. The molecule has 1 aromatic heterocycles. The van der Waals surface area contributed by atoms with Crippen LogP contribution in [-0.2, 0) is 24.0 Å². The molecule has 176 valence electrons. The van der Waals surface area contributed by atoms with Crippen LogP contribution in [-0.4, -0.2) is 22.7 Å². The molecule has 5 nitrogen and oxygen atoms in total. The number of carboxylic acid groups (broad SMARTS) is 1. The zero-order valence-corrected chi connectivity index (χ0v) is 19.1. The summed E-state index contributed by atoms with van der Waals surface area (Å²) in [6.07, 6.45) is -2.68. The minimum atomic E-state index is -4.38. The summed E-state index contributed by atoms with van der Waals surface area (Å²) in [7, 11) is 0. The lowest BCUT2D eigenvalue weighted by Crippen LogP contribution is -2.03. The molecule has 0 amide bonds. The highest BCUT2D eigenvalue weighted by atomic mass is 32.1. The van der Waals surface area contributed by atoms with Crippen molar-refractivity contribution in [3.8, 4) is 22.1 Å². The van der Waals surface area contributed by atoms with E-state index in [1.165, 1.54) is 23.5 Å². The molecule has 3 rings (SSSR count). The van der Waals surface area contributed by atoms with Crippen LogP contribution in [0.3, 0.4) is 0 Å². The van der Waals surface area contributed by atoms with Crippen LogP contribution in [0.1, 0.15) is 41.5 Å². The van der Waals surface area contributed by atoms with Gasteiger partial charge in [-0.25, -0.2) is 4.98 Å². The smallest absolute Gasteiger partial charge is 0.416 e. The first-order valence-corrected chi connectivity index (χ1v) is 11.2. The van der Waals surface area contributed by atoms with E-state index in [0.717, 1.165) is 35.5 Å². The number of benzene rings is 2. The fraction of sp³-hybridized carbons (Fsp3) is 0.333. The van der Waals surface area contributed by atoms with E-state index in [2.05, 4.69) is 11.9 Å². The number of aliphatic carboxylic acids is 1. The Bertz CT molecular complexity index is 1090. The fourth-order valence-electron chi connectivity index (χ4n) is 3.04. The summed E-state index contributed by atoms with van der Waals surface area (Å²) in [4.78, 5) is 16.4. The maximum absolute atomic E-state index is 12.8. The third-order valence-corrected chi connectivity index (χ3v) is 5.96. The molecule has 0 saturated heterocycles. The van der Waals surface area contributed by atoms with Gasteiger partial charge in [0.05, 0.1) is 29.2 Å². The normalized spacial score (nSPS) is 11.4. The van der Waals surface area contributed by atoms with Crippen molar-refractivity contribution in [2.75, 3.05) is 6.61 Å². The van der Waals surface area contributed by atoms with Gasteiger partial charge in [0, 0.05) is 11.6 Å². The molecule has 33 heavy (non-hydrogen) atoms. The average molecular weight is 480 g/mol. The van der Waals surface area contributed by atoms with Gasteiger partial charge in [0.1, 0.15) is 23.1 Å². The number of aromatic nitrogens is 1. The maximum atomic E-state index is 12.8. The summed E-state index contributed by atoms with van der Waals surface area (Å²) in [5, 5.41) is 9.73. The van der Waals surface area contributed by atoms with Crippen LogP contribution in [0.2, 0.25) is 0 Å². The maximum Gasteiger partial charge on any atom is 0.416 e. The van der Waals surface area contributed by atoms with Crippen molar-refractivity contribution in [1.29, 1.82) is 0 Å². The molecule has 2 aromatic carbocycles. The van der Waals surface area contributed by atoms with Gasteiger partial charge in [-0.05, 0) is 43.2 Å². The van der Waals surface area contributed by atoms with Gasteiger partial charge in [0.15, 0.2) is 0 Å². The van der Waals surface area contributed by atoms with Gasteiger partial charge >= 0.3 is 12.1 Å². The van der Waals surface area contributed by atoms with E-state index in [0.29, 0.717) is 34.2 Å². The Morgan fingerprint density at radius 3 is 2.36 bits per heavy atom. The Morgan fingerprint density at radius 2 is 1.76 bits per heavy atom. The molecule has 3 aromatic rings. The Hall–Kier alpha value is -3.07. The van der Waals surface area contributed by atoms with Crippen molar-refractivity contribution < 1.29 is 32.5 Å². The number of rotatable bonds is 10. The Morgan fingerprint density at radius 1 is 1.09 bits per heavy atom. The Kier molecular flexibility index (Phi) is 7.97. The summed E-state index contributed by atoms with van der Waals surface area (Å²) in [6.45, 7) is 4.57. The van der Waals surface area contributed by atoms with Crippen LogP contribution in [0, 0.1) is 6.92 Å². The molecule has 0 aliphatic rings. The molecule has 9 heteroatoms. The number of nitrogens with zero attached hydrogens (tertiary/aromatic N) is 1. The van der Waals surface area contributed by atoms with E-state index in [-0.39, 0.29) is 13.0 Å². The zero-order valence-electron chi connectivity index (χ0n) is 18.2. The van der Waals surface area contributed by atoms with Crippen LogP contribution in [0.15, 0.2) is 42.5 Å². The van der Waals surface area contributed by atoms with Gasteiger partial charge < -0.3 is 14.6 Å². The SMILES string of the molecule is CCCCOc1cc(CC(=O)O)cc(OCc2sc(-c3ccc(C(F)(F)F)cc3)nc2C)c1. The number of hydrogen-bond acceptors (Lipinski definition) is 5. The first-order chi connectivity index (χ1) is 15.7. The third-order valence-electron chi connectivity index (χ3n) is 4.78. The standard InChI is InChI=1S/C24H24F3NO4S/c1-3-4-9-31-19-10-16(12-22(29)30)11-20(13-19)32-14-21-15(2)28-23(33-21)17-5-7-18(8-6-17)24(25,26)27/h5-8,10-11,13H,3-4,9,12,14H2,1-2H3,(H,29,30). The highest BCUT2D eigenvalue weighted by Gasteiger charge is 2.30. The van der Waals surface area contributed by atoms with Crippen molar-refractivity contribution in [1.82, 2.24) is 4.98 Å². The van der Waals surface area contributed by atoms with Gasteiger partial charge in [-0.15, -0.1) is 11.3 Å². The molecule has 0 bridgehead atoms. The van der Waals surface area contributed by atoms with Gasteiger partial charge in [0.2, 0.25) is 0 Å². The molecular formula is C24H24F3NO4S. The van der Waals surface area contributed by atoms with Crippen molar-refractivity contribution in [3.05, 3.63) is 64.2 Å². The minimum Gasteiger partial charge on any atom is -0.493 e. The van der Waals surface area contributed by atoms with E-state index in [9.17, 15) is 18.0 Å². The van der Waals surface area contributed by atoms with E-state index in [1.807, 2.05) is 6.92 Å². The van der Waals surface area contributed by atoms with Crippen LogP contribution < -0.4 is 9.47 Å². The van der Waals surface area contributed by atoms with E-state index in [4.69, 9.17) is 14.6 Å². The third kappa shape index (κ3) is 6.95. The summed E-state index contributed by atoms with van der Waals surface area (Å²) in [5.41, 5.74) is 1.17. The van der Waals surface area contributed by atoms with Crippen LogP contribution in [0.5, 0.6) is 11.5 Å². The lowest BCUT2D eigenvalue weighted by molar-refractivity contribution is -0.138. The summed E-state index contributed by atoms with van der Waals surface area (Å²) >= 11 is 1.34. The van der Waals surface area contributed by atoms with Crippen molar-refractivity contribution in [3.63, 3.8) is 0 Å². The predicted molar refractivity (Wildman–Crippen MR) is 120 cm³/mol. The largest absolute Gasteiger partial charge is 0.493 e. The number of halogens is 3. The number of hydrogen-bond donors (Lipinski definition) is 1. The molecule has 0 aliphatic heterocycles. The van der Waals surface area contributed by atoms with Crippen LogP contribution in [0.4, 0.5) is 13.2 Å². The van der Waals surface area contributed by atoms with Crippen molar-refractivity contribution in [2.45, 2.75) is 45.9 Å². The van der Waals surface area contributed by atoms with Gasteiger partial charge in [-0.3, -0.25) is 4.79 Å². The second kappa shape index (κ2) is 10.7. The van der Waals surface area contributed by atoms with E-state index < -0.39 is 17.7 Å². The monoisotopic (exact) mass is 479 g/mol. The molecule has 0 atom stereocenters. The molecule has 1 heterocycles. The molecule has 0 radical (unpaired) electrons. The Balaban J connectivity index is 1.74. The van der Waals surface area contributed by atoms with Gasteiger partial charge in [-0.1, -0.05) is 25.5 Å². The first kappa shape index (κ1) is 24.6. The second-order valence-electron chi connectivity index (χ2n) is 7.48. The lowest BCUT2D eigenvalue weighted by Gasteiger charge is -2.11. The zero-order chi connectivity index (χ0) is 24.0. The highest BCUT2D eigenvalue weighted by Crippen LogP contribution is 2.33. The number of carboxylic acids is 1. The van der Waals surface area contributed by atoms with Crippen LogP contribution >= 0.6 is 11.3 Å². The number of unbranched alkanes of at least 4 members (excludes halogenated alkanes) is 1. The fourth-order valence-corrected chi connectivity index (χ4v) is 4.03. The number of ether oxygens (including phenoxy) is 2. The highest BCUT2D eigenvalue weighted by molar-refractivity contribution is 7.15. The molecule has 0 spiro atoms. The molecule has 0 fully saturated rings. The average Bonchev–Trinajstić information content (AvgIpc) is 3.12. The molecule has 0 unspecified atom stereocenters. The van der Waals surface area contributed by atoms with E-state index >= 15 is 0 Å². The topological polar surface area (TPSA) is 68.7 Å². The van der Waals surface area contributed by atoms with Gasteiger partial charge in [0.25, 0.3) is 0 Å². The number of carbonyl (C=O) groups is 1. The predicted octanol–water partition coefficient (Wildman–Crippen LogP) is 6.52. The second-order valence-corrected chi connectivity index (χ2v) is 8.56. The molecule has 1 N–H and O–H groups in total. The molecular weight excluding hydrogens is 455 g/mol. The first-order valence-electron chi connectivity index (χ1n) is 10.4. The van der Waals surface area contributed by atoms with Crippen molar-refractivity contribution in [2.24, 2.45) is 0 Å². The lowest BCUT2D eigenvalue weighted by atomic mass is 10.1. The van der Waals surface area contributed by atoms with Crippen LogP contribution in [0.25, 0.3) is 10.6 Å². The number of alkyl halides is 3. The number of aryl methyl sites for hydroxylation is 1.